The van der Waals surface area contributed by atoms with Gasteiger partial charge in [-0.1, -0.05) is 0 Å². The molecule has 0 amide bonds. The van der Waals surface area contributed by atoms with Crippen LogP contribution in [0.25, 0.3) is 10.9 Å². The van der Waals surface area contributed by atoms with E-state index >= 15 is 0 Å². The van der Waals surface area contributed by atoms with Crippen LogP contribution in [-0.4, -0.2) is 22.5 Å². The molecule has 0 aliphatic rings. The van der Waals surface area contributed by atoms with Gasteiger partial charge in [0.2, 0.25) is 0 Å². The quantitative estimate of drug-likeness (QED) is 0.769. The number of nitrogens with zero attached hydrogens (tertiary/aromatic N) is 2. The number of rotatable bonds is 2. The summed E-state index contributed by atoms with van der Waals surface area (Å²) in [4.78, 5) is 19.5. The van der Waals surface area contributed by atoms with Crippen molar-refractivity contribution in [1.29, 1.82) is 0 Å². The van der Waals surface area contributed by atoms with Crippen molar-refractivity contribution in [1.82, 2.24) is 9.97 Å². The fourth-order valence-electron chi connectivity index (χ4n) is 1.41. The van der Waals surface area contributed by atoms with Gasteiger partial charge in [0.1, 0.15) is 0 Å². The number of carbonyl (C=O) groups is 1. The normalized spacial score (nSPS) is 10.3. The van der Waals surface area contributed by atoms with Crippen LogP contribution in [0.15, 0.2) is 24.7 Å². The molecular formula is C11H11N3O2. The number of nitrogens with two attached hydrogens (primary N) is 1. The third-order valence-electron chi connectivity index (χ3n) is 2.13. The van der Waals surface area contributed by atoms with Gasteiger partial charge < -0.3 is 10.5 Å². The zero-order chi connectivity index (χ0) is 11.5. The van der Waals surface area contributed by atoms with Crippen molar-refractivity contribution in [3.05, 3.63) is 30.2 Å². The van der Waals surface area contributed by atoms with E-state index < -0.39 is 0 Å². The Hall–Kier alpha value is -2.17. The van der Waals surface area contributed by atoms with Crippen LogP contribution in [0.2, 0.25) is 0 Å². The summed E-state index contributed by atoms with van der Waals surface area (Å²) >= 11 is 0. The molecule has 0 saturated heterocycles. The number of esters is 1. The van der Waals surface area contributed by atoms with Gasteiger partial charge in [0.05, 0.1) is 29.6 Å². The zero-order valence-electron chi connectivity index (χ0n) is 8.80. The standard InChI is InChI=1S/C11H11N3O2/c1-2-16-11(15)8-3-7-4-13-6-9(12)10(7)14-5-8/h3-6H,2,12H2,1H3. The molecule has 0 saturated carbocycles. The molecule has 0 unspecified atom stereocenters. The van der Waals surface area contributed by atoms with E-state index in [4.69, 9.17) is 10.5 Å². The summed E-state index contributed by atoms with van der Waals surface area (Å²) in [5.74, 6) is -0.390. The van der Waals surface area contributed by atoms with Crippen LogP contribution in [0.4, 0.5) is 5.69 Å². The minimum atomic E-state index is -0.390. The number of nitrogen functional groups attached to an aromatic ring is 1. The van der Waals surface area contributed by atoms with Crippen LogP contribution < -0.4 is 5.73 Å². The second kappa shape index (κ2) is 4.14. The molecule has 0 spiro atoms. The van der Waals surface area contributed by atoms with Crippen molar-refractivity contribution < 1.29 is 9.53 Å². The molecule has 0 bridgehead atoms. The highest BCUT2D eigenvalue weighted by Crippen LogP contribution is 2.17. The molecule has 82 valence electrons. The van der Waals surface area contributed by atoms with Crippen molar-refractivity contribution in [3.63, 3.8) is 0 Å². The van der Waals surface area contributed by atoms with Gasteiger partial charge in [-0.15, -0.1) is 0 Å². The van der Waals surface area contributed by atoms with E-state index in [9.17, 15) is 4.79 Å². The lowest BCUT2D eigenvalue weighted by atomic mass is 10.2. The van der Waals surface area contributed by atoms with E-state index in [2.05, 4.69) is 9.97 Å². The van der Waals surface area contributed by atoms with E-state index in [1.165, 1.54) is 12.4 Å². The van der Waals surface area contributed by atoms with Gasteiger partial charge in [0, 0.05) is 17.8 Å². The van der Waals surface area contributed by atoms with Gasteiger partial charge in [-0.3, -0.25) is 9.97 Å². The SMILES string of the molecule is CCOC(=O)c1cnc2c(N)cncc2c1. The molecule has 0 aliphatic heterocycles. The Morgan fingerprint density at radius 1 is 1.44 bits per heavy atom. The minimum Gasteiger partial charge on any atom is -0.462 e. The van der Waals surface area contributed by atoms with E-state index in [1.54, 1.807) is 19.2 Å². The van der Waals surface area contributed by atoms with E-state index in [0.717, 1.165) is 5.39 Å². The van der Waals surface area contributed by atoms with Crippen LogP contribution in [-0.2, 0) is 4.74 Å². The van der Waals surface area contributed by atoms with Crippen LogP contribution in [0.1, 0.15) is 17.3 Å². The highest BCUT2D eigenvalue weighted by molar-refractivity contribution is 5.96. The number of fused-ring (bicyclic) bond motifs is 1. The number of carbonyl (C=O) groups excluding carboxylic acids is 1. The van der Waals surface area contributed by atoms with Gasteiger partial charge in [-0.25, -0.2) is 4.79 Å². The van der Waals surface area contributed by atoms with E-state index in [1.807, 2.05) is 0 Å². The Labute approximate surface area is 92.3 Å². The number of anilines is 1. The molecule has 0 aromatic carbocycles. The molecule has 2 heterocycles. The number of ether oxygens (including phenoxy) is 1. The molecule has 2 aromatic heterocycles. The van der Waals surface area contributed by atoms with Crippen LogP contribution in [0.5, 0.6) is 0 Å². The Balaban J connectivity index is 2.48. The largest absolute Gasteiger partial charge is 0.462 e. The Morgan fingerprint density at radius 3 is 3.00 bits per heavy atom. The van der Waals surface area contributed by atoms with Crippen molar-refractivity contribution in [2.75, 3.05) is 12.3 Å². The van der Waals surface area contributed by atoms with Crippen molar-refractivity contribution in [2.24, 2.45) is 0 Å². The smallest absolute Gasteiger partial charge is 0.339 e. The molecule has 2 aromatic rings. The Kier molecular flexibility index (Phi) is 2.68. The summed E-state index contributed by atoms with van der Waals surface area (Å²) in [6.07, 6.45) is 4.59. The molecule has 0 aliphatic carbocycles. The predicted octanol–water partition coefficient (Wildman–Crippen LogP) is 1.39. The van der Waals surface area contributed by atoms with Crippen LogP contribution >= 0.6 is 0 Å². The fraction of sp³-hybridized carbons (Fsp3) is 0.182. The van der Waals surface area contributed by atoms with Crippen molar-refractivity contribution in [3.8, 4) is 0 Å². The molecule has 0 radical (unpaired) electrons. The van der Waals surface area contributed by atoms with Gasteiger partial charge in [0.15, 0.2) is 0 Å². The summed E-state index contributed by atoms with van der Waals surface area (Å²) in [6, 6.07) is 1.67. The van der Waals surface area contributed by atoms with E-state index in [-0.39, 0.29) is 5.97 Å². The summed E-state index contributed by atoms with van der Waals surface area (Å²) < 4.78 is 4.88. The second-order valence-electron chi connectivity index (χ2n) is 3.24. The zero-order valence-corrected chi connectivity index (χ0v) is 8.80. The number of hydrogen-bond donors (Lipinski definition) is 1. The topological polar surface area (TPSA) is 78.1 Å². The molecule has 2 N–H and O–H groups in total. The molecular weight excluding hydrogens is 206 g/mol. The van der Waals surface area contributed by atoms with Crippen molar-refractivity contribution >= 4 is 22.6 Å². The molecule has 16 heavy (non-hydrogen) atoms. The Morgan fingerprint density at radius 2 is 2.25 bits per heavy atom. The maximum atomic E-state index is 11.5. The lowest BCUT2D eigenvalue weighted by Crippen LogP contribution is -2.05. The second-order valence-corrected chi connectivity index (χ2v) is 3.24. The van der Waals surface area contributed by atoms with Crippen molar-refractivity contribution in [2.45, 2.75) is 6.92 Å². The summed E-state index contributed by atoms with van der Waals surface area (Å²) in [6.45, 7) is 2.10. The lowest BCUT2D eigenvalue weighted by Gasteiger charge is -2.03. The fourth-order valence-corrected chi connectivity index (χ4v) is 1.41. The average molecular weight is 217 g/mol. The third-order valence-corrected chi connectivity index (χ3v) is 2.13. The first kappa shape index (κ1) is 10.4. The number of aromatic nitrogens is 2. The van der Waals surface area contributed by atoms with Gasteiger partial charge in [-0.05, 0) is 13.0 Å². The molecule has 5 nitrogen and oxygen atoms in total. The summed E-state index contributed by atoms with van der Waals surface area (Å²) in [7, 11) is 0. The maximum absolute atomic E-state index is 11.5. The van der Waals surface area contributed by atoms with Gasteiger partial charge in [-0.2, -0.15) is 0 Å². The molecule has 2 rings (SSSR count). The first-order valence-electron chi connectivity index (χ1n) is 4.88. The number of pyridine rings is 2. The lowest BCUT2D eigenvalue weighted by molar-refractivity contribution is 0.0526. The highest BCUT2D eigenvalue weighted by Gasteiger charge is 2.08. The minimum absolute atomic E-state index is 0.339. The van der Waals surface area contributed by atoms with E-state index in [0.29, 0.717) is 23.4 Å². The molecule has 0 atom stereocenters. The van der Waals surface area contributed by atoms with Gasteiger partial charge in [0.25, 0.3) is 0 Å². The predicted molar refractivity (Wildman–Crippen MR) is 59.9 cm³/mol. The Bertz CT molecular complexity index is 540. The number of hydrogen-bond acceptors (Lipinski definition) is 5. The van der Waals surface area contributed by atoms with Crippen LogP contribution in [0, 0.1) is 0 Å². The maximum Gasteiger partial charge on any atom is 0.339 e. The average Bonchev–Trinajstić information content (AvgIpc) is 2.29. The first-order chi connectivity index (χ1) is 7.72. The summed E-state index contributed by atoms with van der Waals surface area (Å²) in [5, 5.41) is 0.727. The third kappa shape index (κ3) is 1.79. The summed E-state index contributed by atoms with van der Waals surface area (Å²) in [5.41, 5.74) is 7.24. The first-order valence-corrected chi connectivity index (χ1v) is 4.88. The molecule has 0 fully saturated rings. The monoisotopic (exact) mass is 217 g/mol. The van der Waals surface area contributed by atoms with Crippen LogP contribution in [0.3, 0.4) is 0 Å². The van der Waals surface area contributed by atoms with Gasteiger partial charge >= 0.3 is 5.97 Å². The highest BCUT2D eigenvalue weighted by atomic mass is 16.5. The molecule has 5 heteroatoms.